The fourth-order valence-electron chi connectivity index (χ4n) is 2.60. The van der Waals surface area contributed by atoms with E-state index in [1.54, 1.807) is 0 Å². The van der Waals surface area contributed by atoms with Crippen molar-refractivity contribution in [1.29, 1.82) is 0 Å². The number of hydrogen-bond acceptors (Lipinski definition) is 2. The van der Waals surface area contributed by atoms with Gasteiger partial charge in [0.25, 0.3) is 0 Å². The SMILES string of the molecule is [B][C@@H]1O[C-](CC)[C@@H](C)C1[CH2-].[B][C@@H]1O[C-](CC)[C@H](C)C1[CH2-].[Y].[Y]. The molecule has 2 aliphatic heterocycles. The van der Waals surface area contributed by atoms with Crippen LogP contribution in [0.3, 0.4) is 0 Å². The van der Waals surface area contributed by atoms with Gasteiger partial charge in [-0.05, 0) is 12.0 Å². The Balaban J connectivity index is 0. The van der Waals surface area contributed by atoms with Crippen molar-refractivity contribution in [2.75, 3.05) is 0 Å². The van der Waals surface area contributed by atoms with Gasteiger partial charge >= 0.3 is 0 Å². The molecule has 6 radical (unpaired) electrons. The summed E-state index contributed by atoms with van der Waals surface area (Å²) in [6.45, 7) is 16.2. The zero-order chi connectivity index (χ0) is 15.4. The Hall–Kier alpha value is 2.26. The van der Waals surface area contributed by atoms with Crippen molar-refractivity contribution in [2.24, 2.45) is 23.7 Å². The molecule has 2 nitrogen and oxygen atoms in total. The molecule has 0 aromatic carbocycles. The predicted molar refractivity (Wildman–Crippen MR) is 84.3 cm³/mol. The number of hydrogen-bond donors (Lipinski definition) is 0. The molecular formula is C16H26B2O2Y2-4. The quantitative estimate of drug-likeness (QED) is 0.476. The fraction of sp³-hybridized carbons (Fsp3) is 0.750. The van der Waals surface area contributed by atoms with E-state index in [1.165, 1.54) is 0 Å². The summed E-state index contributed by atoms with van der Waals surface area (Å²) in [7, 11) is 11.3. The molecule has 0 spiro atoms. The Bertz CT molecular complexity index is 269. The van der Waals surface area contributed by atoms with Gasteiger partial charge in [-0.15, -0.1) is 0 Å². The third-order valence-electron chi connectivity index (χ3n) is 4.42. The van der Waals surface area contributed by atoms with Gasteiger partial charge in [-0.25, -0.2) is 0 Å². The monoisotopic (exact) mass is 450 g/mol. The minimum absolute atomic E-state index is 0. The molecule has 0 saturated carbocycles. The van der Waals surface area contributed by atoms with Crippen LogP contribution in [-0.4, -0.2) is 27.7 Å². The molecule has 6 atom stereocenters. The Kier molecular flexibility index (Phi) is 15.2. The van der Waals surface area contributed by atoms with Crippen LogP contribution in [0.5, 0.6) is 0 Å². The second kappa shape index (κ2) is 12.6. The van der Waals surface area contributed by atoms with Crippen LogP contribution in [0.2, 0.25) is 0 Å². The summed E-state index contributed by atoms with van der Waals surface area (Å²) in [4.78, 5) is 0. The van der Waals surface area contributed by atoms with Crippen molar-refractivity contribution in [3.8, 4) is 0 Å². The Morgan fingerprint density at radius 3 is 1.18 bits per heavy atom. The maximum atomic E-state index is 5.63. The van der Waals surface area contributed by atoms with E-state index in [0.29, 0.717) is 11.8 Å². The largest absolute Gasteiger partial charge is 0.555 e. The molecule has 0 aromatic rings. The van der Waals surface area contributed by atoms with Crippen LogP contribution in [0.15, 0.2) is 0 Å². The minimum Gasteiger partial charge on any atom is -0.555 e. The van der Waals surface area contributed by atoms with Crippen LogP contribution in [-0.2, 0) is 74.9 Å². The van der Waals surface area contributed by atoms with Gasteiger partial charge in [0.15, 0.2) is 0 Å². The average Bonchev–Trinajstić information content (AvgIpc) is 2.84. The second-order valence-corrected chi connectivity index (χ2v) is 5.71. The Morgan fingerprint density at radius 1 is 0.818 bits per heavy atom. The Labute approximate surface area is 191 Å². The number of rotatable bonds is 2. The van der Waals surface area contributed by atoms with Crippen LogP contribution < -0.4 is 0 Å². The van der Waals surface area contributed by atoms with Crippen molar-refractivity contribution < 1.29 is 74.9 Å². The minimum atomic E-state index is -0.176. The first-order valence-electron chi connectivity index (χ1n) is 7.55. The third kappa shape index (κ3) is 6.87. The summed E-state index contributed by atoms with van der Waals surface area (Å²) in [5.41, 5.74) is 0. The Morgan fingerprint density at radius 2 is 1.09 bits per heavy atom. The van der Waals surface area contributed by atoms with Crippen molar-refractivity contribution >= 4 is 15.7 Å². The summed E-state index contributed by atoms with van der Waals surface area (Å²) in [5, 5.41) is 0. The molecule has 0 aromatic heterocycles. The molecule has 6 heteroatoms. The molecular weight excluding hydrogens is 424 g/mol. The van der Waals surface area contributed by atoms with E-state index in [2.05, 4.69) is 41.5 Å². The molecule has 0 aliphatic carbocycles. The zero-order valence-electron chi connectivity index (χ0n) is 14.4. The molecule has 2 rings (SSSR count). The van der Waals surface area contributed by atoms with Crippen LogP contribution in [0.25, 0.3) is 0 Å². The smallest absolute Gasteiger partial charge is 0.101 e. The van der Waals surface area contributed by atoms with Crippen molar-refractivity contribution in [2.45, 2.75) is 52.5 Å². The van der Waals surface area contributed by atoms with E-state index < -0.39 is 0 Å². The van der Waals surface area contributed by atoms with Gasteiger partial charge in [0.1, 0.15) is 15.7 Å². The normalized spacial score (nSPS) is 38.6. The summed E-state index contributed by atoms with van der Waals surface area (Å²) < 4.78 is 10.7. The molecule has 2 unspecified atom stereocenters. The summed E-state index contributed by atoms with van der Waals surface area (Å²) in [6.07, 6.45) is 4.13. The molecule has 0 N–H and O–H groups in total. The van der Waals surface area contributed by atoms with Crippen molar-refractivity contribution in [1.82, 2.24) is 0 Å². The van der Waals surface area contributed by atoms with Gasteiger partial charge in [0, 0.05) is 65.4 Å². The van der Waals surface area contributed by atoms with Crippen LogP contribution >= 0.6 is 0 Å². The van der Waals surface area contributed by atoms with E-state index in [0.717, 1.165) is 25.0 Å². The summed E-state index contributed by atoms with van der Waals surface area (Å²) in [5.74, 6) is 1.32. The molecule has 2 saturated heterocycles. The van der Waals surface area contributed by atoms with E-state index >= 15 is 0 Å². The maximum Gasteiger partial charge on any atom is 0.101 e. The molecule has 0 bridgehead atoms. The first kappa shape index (κ1) is 26.5. The molecule has 2 heterocycles. The summed E-state index contributed by atoms with van der Waals surface area (Å²) >= 11 is 0. The first-order valence-corrected chi connectivity index (χ1v) is 7.55. The van der Waals surface area contributed by atoms with Gasteiger partial charge in [-0.2, -0.15) is 48.7 Å². The molecule has 118 valence electrons. The van der Waals surface area contributed by atoms with Gasteiger partial charge in [0.2, 0.25) is 0 Å². The van der Waals surface area contributed by atoms with Gasteiger partial charge in [-0.1, -0.05) is 27.7 Å². The van der Waals surface area contributed by atoms with E-state index in [9.17, 15) is 0 Å². The maximum absolute atomic E-state index is 5.63. The third-order valence-corrected chi connectivity index (χ3v) is 4.42. The first-order chi connectivity index (χ1) is 9.33. The predicted octanol–water partition coefficient (Wildman–Crippen LogP) is 3.07. The van der Waals surface area contributed by atoms with Gasteiger partial charge < -0.3 is 23.3 Å². The molecule has 2 fully saturated rings. The van der Waals surface area contributed by atoms with Crippen molar-refractivity contribution in [3.05, 3.63) is 26.1 Å². The average molecular weight is 450 g/mol. The van der Waals surface area contributed by atoms with E-state index in [1.807, 2.05) is 0 Å². The standard InChI is InChI=1S/2C8H13BO.2Y/c2*1-4-7-5(2)6(3)8(9)10-7;;/h2*5-6,8H,3-4H2,1-2H3;;/q2*-2;;/t5-,6?,8+;5-,6?,8-;;/m01../s1. The molecule has 2 aliphatic rings. The van der Waals surface area contributed by atoms with Gasteiger partial charge in [-0.3, -0.25) is 0 Å². The van der Waals surface area contributed by atoms with Crippen LogP contribution in [0.1, 0.15) is 40.5 Å². The number of ether oxygens (including phenoxy) is 2. The van der Waals surface area contributed by atoms with Gasteiger partial charge in [0.05, 0.1) is 0 Å². The van der Waals surface area contributed by atoms with Crippen LogP contribution in [0, 0.1) is 49.7 Å². The fourth-order valence-corrected chi connectivity index (χ4v) is 2.60. The van der Waals surface area contributed by atoms with Crippen molar-refractivity contribution in [3.63, 3.8) is 0 Å². The molecule has 0 amide bonds. The molecule has 22 heavy (non-hydrogen) atoms. The van der Waals surface area contributed by atoms with E-state index in [-0.39, 0.29) is 89.3 Å². The van der Waals surface area contributed by atoms with Crippen LogP contribution in [0.4, 0.5) is 0 Å². The zero-order valence-corrected chi connectivity index (χ0v) is 20.1. The second-order valence-electron chi connectivity index (χ2n) is 5.71. The summed E-state index contributed by atoms with van der Waals surface area (Å²) in [6, 6.07) is -0.352. The van der Waals surface area contributed by atoms with E-state index in [4.69, 9.17) is 25.2 Å². The topological polar surface area (TPSA) is 18.5 Å².